The van der Waals surface area contributed by atoms with E-state index in [4.69, 9.17) is 4.74 Å². The molecule has 0 radical (unpaired) electrons. The molecule has 1 saturated heterocycles. The van der Waals surface area contributed by atoms with Gasteiger partial charge in [0.05, 0.1) is 6.16 Å². The molecule has 2 unspecified atom stereocenters. The number of nitrogens with zero attached hydrogens (tertiary/aromatic N) is 1. The average molecular weight is 596 g/mol. The number of alkyl carbamates (subject to hydrolysis) is 1. The standard InChI is InChI=1S/C29H40F2N3O6P/c1-5-18-16-29(18,41(38,39)17-20-21(30)12-8-13-22(20)31)33-25(35)23-14-9-15-34(23)26(36)24(28(2,3)4)32-27(37)40-19-10-6-7-11-19/h5,8,12-13,18-19,23-24H,1,6-7,9-11,14-17H2,2-4H3,(H,32,37)(H,33,35)(H,38,39)/t18-,23+,24?,29+/m1/s1. The highest BCUT2D eigenvalue weighted by atomic mass is 31.2. The number of rotatable bonds is 9. The number of carbonyl (C=O) groups is 3. The Hall–Kier alpha value is -2.78. The molecule has 4 rings (SSSR count). The van der Waals surface area contributed by atoms with Crippen LogP contribution in [-0.4, -0.2) is 57.7 Å². The van der Waals surface area contributed by atoms with Crippen molar-refractivity contribution in [2.45, 2.75) is 95.3 Å². The van der Waals surface area contributed by atoms with E-state index >= 15 is 0 Å². The van der Waals surface area contributed by atoms with Crippen molar-refractivity contribution >= 4 is 25.3 Å². The minimum atomic E-state index is -4.41. The summed E-state index contributed by atoms with van der Waals surface area (Å²) >= 11 is 0. The van der Waals surface area contributed by atoms with Crippen molar-refractivity contribution in [1.29, 1.82) is 0 Å². The highest BCUT2D eigenvalue weighted by Crippen LogP contribution is 2.71. The summed E-state index contributed by atoms with van der Waals surface area (Å²) in [6.45, 7) is 9.35. The fourth-order valence-electron chi connectivity index (χ4n) is 5.95. The van der Waals surface area contributed by atoms with Gasteiger partial charge in [-0.3, -0.25) is 14.2 Å². The summed E-state index contributed by atoms with van der Waals surface area (Å²) in [5, 5.41) is 3.75. The van der Waals surface area contributed by atoms with Crippen LogP contribution in [0.4, 0.5) is 13.6 Å². The van der Waals surface area contributed by atoms with Crippen molar-refractivity contribution in [3.8, 4) is 0 Å². The lowest BCUT2D eigenvalue weighted by molar-refractivity contribution is -0.142. The number of benzene rings is 1. The maximum Gasteiger partial charge on any atom is 0.408 e. The third-order valence-electron chi connectivity index (χ3n) is 8.46. The Morgan fingerprint density at radius 3 is 2.39 bits per heavy atom. The molecule has 1 aromatic carbocycles. The Kier molecular flexibility index (Phi) is 9.00. The zero-order chi connectivity index (χ0) is 30.2. The van der Waals surface area contributed by atoms with E-state index in [1.165, 1.54) is 11.0 Å². The Morgan fingerprint density at radius 1 is 1.20 bits per heavy atom. The lowest BCUT2D eigenvalue weighted by Crippen LogP contribution is -2.58. The summed E-state index contributed by atoms with van der Waals surface area (Å²) in [5.41, 5.74) is -1.23. The van der Waals surface area contributed by atoms with Crippen LogP contribution < -0.4 is 10.6 Å². The first kappa shape index (κ1) is 31.2. The quantitative estimate of drug-likeness (QED) is 0.278. The molecule has 0 spiro atoms. The first-order valence-electron chi connectivity index (χ1n) is 14.2. The molecule has 2 saturated carbocycles. The van der Waals surface area contributed by atoms with Gasteiger partial charge in [-0.15, -0.1) is 6.58 Å². The predicted octanol–water partition coefficient (Wildman–Crippen LogP) is 4.83. The Balaban J connectivity index is 1.50. The van der Waals surface area contributed by atoms with Crippen LogP contribution in [0.15, 0.2) is 30.9 Å². The average Bonchev–Trinajstić information content (AvgIpc) is 3.22. The number of ether oxygens (including phenoxy) is 1. The van der Waals surface area contributed by atoms with Crippen LogP contribution >= 0.6 is 7.37 Å². The smallest absolute Gasteiger partial charge is 0.408 e. The Morgan fingerprint density at radius 2 is 1.83 bits per heavy atom. The summed E-state index contributed by atoms with van der Waals surface area (Å²) in [7, 11) is -4.41. The molecule has 1 aliphatic heterocycles. The lowest BCUT2D eigenvalue weighted by atomic mass is 9.85. The second kappa shape index (κ2) is 11.8. The van der Waals surface area contributed by atoms with Gasteiger partial charge in [-0.05, 0) is 62.5 Å². The maximum absolute atomic E-state index is 14.3. The van der Waals surface area contributed by atoms with Crippen LogP contribution in [0.3, 0.4) is 0 Å². The first-order valence-corrected chi connectivity index (χ1v) is 16.0. The molecule has 3 fully saturated rings. The Bertz CT molecular complexity index is 1230. The number of hydrogen-bond acceptors (Lipinski definition) is 5. The molecule has 3 aliphatic rings. The van der Waals surface area contributed by atoms with Crippen molar-refractivity contribution in [2.75, 3.05) is 6.54 Å². The molecule has 41 heavy (non-hydrogen) atoms. The van der Waals surface area contributed by atoms with Gasteiger partial charge in [-0.2, -0.15) is 0 Å². The van der Waals surface area contributed by atoms with Gasteiger partial charge in [-0.25, -0.2) is 13.6 Å². The number of hydrogen-bond donors (Lipinski definition) is 3. The maximum atomic E-state index is 14.3. The third-order valence-corrected chi connectivity index (χ3v) is 11.1. The van der Waals surface area contributed by atoms with Crippen LogP contribution in [0, 0.1) is 23.0 Å². The van der Waals surface area contributed by atoms with Crippen molar-refractivity contribution in [3.63, 3.8) is 0 Å². The zero-order valence-electron chi connectivity index (χ0n) is 23.8. The highest BCUT2D eigenvalue weighted by Gasteiger charge is 2.65. The minimum absolute atomic E-state index is 0.0753. The van der Waals surface area contributed by atoms with E-state index in [1.54, 1.807) is 20.8 Å². The van der Waals surface area contributed by atoms with Gasteiger partial charge in [0, 0.05) is 18.0 Å². The molecule has 9 nitrogen and oxygen atoms in total. The SMILES string of the molecule is C=C[C@@H]1C[C@]1(NC(=O)[C@@H]1CCCN1C(=O)C(NC(=O)OC1CCCC1)C(C)(C)C)P(=O)(O)Cc1c(F)cccc1F. The molecule has 1 aromatic rings. The molecule has 3 amide bonds. The van der Waals surface area contributed by atoms with Crippen LogP contribution in [0.25, 0.3) is 0 Å². The molecule has 5 atom stereocenters. The van der Waals surface area contributed by atoms with Crippen molar-refractivity contribution in [3.05, 3.63) is 48.1 Å². The van der Waals surface area contributed by atoms with Crippen molar-refractivity contribution < 1.29 is 37.4 Å². The number of halogens is 2. The molecule has 12 heteroatoms. The van der Waals surface area contributed by atoms with E-state index in [0.717, 1.165) is 43.9 Å². The van der Waals surface area contributed by atoms with Crippen LogP contribution in [0.5, 0.6) is 0 Å². The van der Waals surface area contributed by atoms with Gasteiger partial charge < -0.3 is 25.2 Å². The van der Waals surface area contributed by atoms with Gasteiger partial charge in [0.1, 0.15) is 35.1 Å². The Labute approximate surface area is 239 Å². The molecule has 226 valence electrons. The molecule has 3 N–H and O–H groups in total. The summed E-state index contributed by atoms with van der Waals surface area (Å²) < 4.78 is 47.8. The van der Waals surface area contributed by atoms with Crippen LogP contribution in [0.2, 0.25) is 0 Å². The largest absolute Gasteiger partial charge is 0.446 e. The highest BCUT2D eigenvalue weighted by molar-refractivity contribution is 7.59. The van der Waals surface area contributed by atoms with E-state index < -0.39 is 77.3 Å². The minimum Gasteiger partial charge on any atom is -0.446 e. The van der Waals surface area contributed by atoms with Crippen LogP contribution in [0.1, 0.15) is 71.3 Å². The second-order valence-electron chi connectivity index (χ2n) is 12.5. The number of likely N-dealkylation sites (tertiary alicyclic amines) is 1. The third kappa shape index (κ3) is 6.51. The van der Waals surface area contributed by atoms with Gasteiger partial charge in [0.2, 0.25) is 19.2 Å². The number of carbonyl (C=O) groups excluding carboxylic acids is 3. The number of nitrogens with one attached hydrogen (secondary N) is 2. The molecular weight excluding hydrogens is 555 g/mol. The topological polar surface area (TPSA) is 125 Å². The van der Waals surface area contributed by atoms with Gasteiger partial charge >= 0.3 is 6.09 Å². The zero-order valence-corrected chi connectivity index (χ0v) is 24.7. The normalized spacial score (nSPS) is 26.6. The molecule has 0 aromatic heterocycles. The van der Waals surface area contributed by atoms with Gasteiger partial charge in [0.25, 0.3) is 0 Å². The monoisotopic (exact) mass is 595 g/mol. The molecule has 2 aliphatic carbocycles. The molecule has 0 bridgehead atoms. The lowest BCUT2D eigenvalue weighted by Gasteiger charge is -2.36. The van der Waals surface area contributed by atoms with Crippen molar-refractivity contribution in [2.24, 2.45) is 11.3 Å². The molecule has 1 heterocycles. The first-order chi connectivity index (χ1) is 19.2. The van der Waals surface area contributed by atoms with Gasteiger partial charge in [0.15, 0.2) is 0 Å². The summed E-state index contributed by atoms with van der Waals surface area (Å²) in [4.78, 5) is 52.5. The fraction of sp³-hybridized carbons (Fsp3) is 0.621. The van der Waals surface area contributed by atoms with Crippen LogP contribution in [-0.2, 0) is 25.1 Å². The van der Waals surface area contributed by atoms with Crippen molar-refractivity contribution in [1.82, 2.24) is 15.5 Å². The summed E-state index contributed by atoms with van der Waals surface area (Å²) in [5.74, 6) is -3.57. The fourth-order valence-corrected chi connectivity index (χ4v) is 8.35. The number of amides is 3. The van der Waals surface area contributed by atoms with Gasteiger partial charge in [-0.1, -0.05) is 32.9 Å². The molecular formula is C29H40F2N3O6P. The van der Waals surface area contributed by atoms with E-state index in [1.807, 2.05) is 0 Å². The van der Waals surface area contributed by atoms with E-state index in [9.17, 15) is 32.6 Å². The summed E-state index contributed by atoms with van der Waals surface area (Å²) in [6, 6.07) is 1.25. The summed E-state index contributed by atoms with van der Waals surface area (Å²) in [6.07, 6.45) is 4.19. The van der Waals surface area contributed by atoms with E-state index in [2.05, 4.69) is 17.2 Å². The predicted molar refractivity (Wildman–Crippen MR) is 149 cm³/mol. The van der Waals surface area contributed by atoms with E-state index in [-0.39, 0.29) is 19.1 Å². The van der Waals surface area contributed by atoms with E-state index in [0.29, 0.717) is 12.8 Å². The second-order valence-corrected chi connectivity index (χ2v) is 15.0.